The summed E-state index contributed by atoms with van der Waals surface area (Å²) in [7, 11) is 0. The van der Waals surface area contributed by atoms with Gasteiger partial charge in [-0.1, -0.05) is 28.1 Å². The van der Waals surface area contributed by atoms with Crippen molar-refractivity contribution in [2.24, 2.45) is 0 Å². The van der Waals surface area contributed by atoms with Crippen LogP contribution in [0.25, 0.3) is 0 Å². The number of piperazine rings is 1. The van der Waals surface area contributed by atoms with Gasteiger partial charge in [0, 0.05) is 36.7 Å². The molecular weight excluding hydrogens is 320 g/mol. The summed E-state index contributed by atoms with van der Waals surface area (Å²) in [6.07, 6.45) is 0. The highest BCUT2D eigenvalue weighted by Crippen LogP contribution is 2.23. The first kappa shape index (κ1) is 15.5. The molecule has 2 unspecified atom stereocenters. The van der Waals surface area contributed by atoms with E-state index in [-0.39, 0.29) is 6.04 Å². The molecule has 0 radical (unpaired) electrons. The van der Waals surface area contributed by atoms with Gasteiger partial charge in [0.1, 0.15) is 6.04 Å². The molecule has 1 heterocycles. The molecule has 110 valence electrons. The van der Waals surface area contributed by atoms with Crippen molar-refractivity contribution in [2.45, 2.75) is 25.9 Å². The summed E-state index contributed by atoms with van der Waals surface area (Å²) in [5, 5.41) is 9.05. The number of carboxylic acid groups (broad SMARTS) is 1. The van der Waals surface area contributed by atoms with Gasteiger partial charge in [-0.25, -0.2) is 0 Å². The standard InChI is InChI=1S/C15H21BrN2O2/c1-11(13-3-5-14(16)6-4-13)17-7-9-18(10-8-17)12(2)15(19)20/h3-6,11-12H,7-10H2,1-2H3,(H,19,20). The van der Waals surface area contributed by atoms with Crippen LogP contribution in [-0.2, 0) is 4.79 Å². The second kappa shape index (κ2) is 6.70. The van der Waals surface area contributed by atoms with E-state index in [4.69, 9.17) is 5.11 Å². The van der Waals surface area contributed by atoms with E-state index in [0.29, 0.717) is 6.04 Å². The summed E-state index contributed by atoms with van der Waals surface area (Å²) in [5.41, 5.74) is 1.30. The van der Waals surface area contributed by atoms with Gasteiger partial charge in [-0.15, -0.1) is 0 Å². The second-order valence-corrected chi connectivity index (χ2v) is 6.23. The van der Waals surface area contributed by atoms with Crippen molar-refractivity contribution in [2.75, 3.05) is 26.2 Å². The van der Waals surface area contributed by atoms with Gasteiger partial charge in [0.2, 0.25) is 0 Å². The fourth-order valence-corrected chi connectivity index (χ4v) is 2.88. The lowest BCUT2D eigenvalue weighted by molar-refractivity contribution is -0.143. The summed E-state index contributed by atoms with van der Waals surface area (Å²) >= 11 is 3.45. The number of nitrogens with zero attached hydrogens (tertiary/aromatic N) is 2. The Kier molecular flexibility index (Phi) is 5.18. The van der Waals surface area contributed by atoms with E-state index in [0.717, 1.165) is 30.7 Å². The van der Waals surface area contributed by atoms with E-state index in [1.165, 1.54) is 5.56 Å². The summed E-state index contributed by atoms with van der Waals surface area (Å²) in [4.78, 5) is 15.5. The average molecular weight is 341 g/mol. The molecule has 1 aromatic carbocycles. The molecule has 0 amide bonds. The van der Waals surface area contributed by atoms with Crippen LogP contribution >= 0.6 is 15.9 Å². The third kappa shape index (κ3) is 3.59. The molecule has 0 saturated carbocycles. The van der Waals surface area contributed by atoms with E-state index in [2.05, 4.69) is 52.0 Å². The fourth-order valence-electron chi connectivity index (χ4n) is 2.62. The van der Waals surface area contributed by atoms with Gasteiger partial charge in [-0.2, -0.15) is 0 Å². The van der Waals surface area contributed by atoms with Crippen LogP contribution < -0.4 is 0 Å². The molecular formula is C15H21BrN2O2. The number of carboxylic acids is 1. The van der Waals surface area contributed by atoms with Gasteiger partial charge in [-0.05, 0) is 31.5 Å². The highest BCUT2D eigenvalue weighted by molar-refractivity contribution is 9.10. The molecule has 1 N–H and O–H groups in total. The predicted molar refractivity (Wildman–Crippen MR) is 82.8 cm³/mol. The minimum absolute atomic E-state index is 0.366. The zero-order valence-corrected chi connectivity index (χ0v) is 13.5. The Bertz CT molecular complexity index is 455. The minimum Gasteiger partial charge on any atom is -0.480 e. The summed E-state index contributed by atoms with van der Waals surface area (Å²) in [6.45, 7) is 7.42. The molecule has 0 spiro atoms. The van der Waals surface area contributed by atoms with E-state index < -0.39 is 5.97 Å². The molecule has 1 aliphatic heterocycles. The zero-order valence-electron chi connectivity index (χ0n) is 11.9. The number of hydrogen-bond acceptors (Lipinski definition) is 3. The Labute approximate surface area is 128 Å². The number of carbonyl (C=O) groups is 1. The third-order valence-corrected chi connectivity index (χ3v) is 4.68. The molecule has 2 atom stereocenters. The predicted octanol–water partition coefficient (Wildman–Crippen LogP) is 2.60. The lowest BCUT2D eigenvalue weighted by atomic mass is 10.1. The smallest absolute Gasteiger partial charge is 0.320 e. The number of hydrogen-bond donors (Lipinski definition) is 1. The Morgan fingerprint density at radius 1 is 1.10 bits per heavy atom. The molecule has 0 aromatic heterocycles. The molecule has 2 rings (SSSR count). The maximum Gasteiger partial charge on any atom is 0.320 e. The van der Waals surface area contributed by atoms with Crippen LogP contribution in [0.15, 0.2) is 28.7 Å². The van der Waals surface area contributed by atoms with E-state index >= 15 is 0 Å². The van der Waals surface area contributed by atoms with Crippen molar-refractivity contribution in [3.8, 4) is 0 Å². The van der Waals surface area contributed by atoms with Gasteiger partial charge >= 0.3 is 5.97 Å². The van der Waals surface area contributed by atoms with Crippen LogP contribution in [0.5, 0.6) is 0 Å². The van der Waals surface area contributed by atoms with Gasteiger partial charge in [-0.3, -0.25) is 14.6 Å². The monoisotopic (exact) mass is 340 g/mol. The molecule has 0 bridgehead atoms. The van der Waals surface area contributed by atoms with Crippen LogP contribution in [0.2, 0.25) is 0 Å². The van der Waals surface area contributed by atoms with Crippen molar-refractivity contribution < 1.29 is 9.90 Å². The highest BCUT2D eigenvalue weighted by Gasteiger charge is 2.27. The molecule has 1 fully saturated rings. The summed E-state index contributed by atoms with van der Waals surface area (Å²) in [6, 6.07) is 8.39. The third-order valence-electron chi connectivity index (χ3n) is 4.15. The normalized spacial score (nSPS) is 20.6. The molecule has 5 heteroatoms. The van der Waals surface area contributed by atoms with Crippen LogP contribution in [0.1, 0.15) is 25.5 Å². The largest absolute Gasteiger partial charge is 0.480 e. The van der Waals surface area contributed by atoms with E-state index in [1.54, 1.807) is 6.92 Å². The maximum atomic E-state index is 11.0. The van der Waals surface area contributed by atoms with Crippen molar-refractivity contribution in [3.63, 3.8) is 0 Å². The molecule has 0 aliphatic carbocycles. The SMILES string of the molecule is CC(C(=O)O)N1CCN(C(C)c2ccc(Br)cc2)CC1. The van der Waals surface area contributed by atoms with E-state index in [1.807, 2.05) is 4.90 Å². The quantitative estimate of drug-likeness (QED) is 0.914. The molecule has 1 aliphatic rings. The maximum absolute atomic E-state index is 11.0. The van der Waals surface area contributed by atoms with Crippen LogP contribution in [0.4, 0.5) is 0 Å². The van der Waals surface area contributed by atoms with Gasteiger partial charge in [0.25, 0.3) is 0 Å². The van der Waals surface area contributed by atoms with Crippen LogP contribution in [-0.4, -0.2) is 53.1 Å². The first-order chi connectivity index (χ1) is 9.49. The van der Waals surface area contributed by atoms with Crippen molar-refractivity contribution >= 4 is 21.9 Å². The average Bonchev–Trinajstić information content (AvgIpc) is 2.46. The molecule has 4 nitrogen and oxygen atoms in total. The topological polar surface area (TPSA) is 43.8 Å². The molecule has 1 aromatic rings. The Morgan fingerprint density at radius 3 is 2.10 bits per heavy atom. The van der Waals surface area contributed by atoms with Crippen LogP contribution in [0, 0.1) is 0 Å². The van der Waals surface area contributed by atoms with E-state index in [9.17, 15) is 4.79 Å². The van der Waals surface area contributed by atoms with Gasteiger partial charge in [0.05, 0.1) is 0 Å². The number of halogens is 1. The zero-order chi connectivity index (χ0) is 14.7. The summed E-state index contributed by atoms with van der Waals surface area (Å²) < 4.78 is 1.09. The number of aliphatic carboxylic acids is 1. The van der Waals surface area contributed by atoms with Gasteiger partial charge < -0.3 is 5.11 Å². The Morgan fingerprint density at radius 2 is 1.60 bits per heavy atom. The first-order valence-corrected chi connectivity index (χ1v) is 7.74. The fraction of sp³-hybridized carbons (Fsp3) is 0.533. The lowest BCUT2D eigenvalue weighted by Crippen LogP contribution is -2.52. The van der Waals surface area contributed by atoms with Crippen LogP contribution in [0.3, 0.4) is 0 Å². The van der Waals surface area contributed by atoms with Gasteiger partial charge in [0.15, 0.2) is 0 Å². The van der Waals surface area contributed by atoms with Crippen molar-refractivity contribution in [1.29, 1.82) is 0 Å². The highest BCUT2D eigenvalue weighted by atomic mass is 79.9. The number of rotatable bonds is 4. The Hall–Kier alpha value is -0.910. The molecule has 20 heavy (non-hydrogen) atoms. The summed E-state index contributed by atoms with van der Waals surface area (Å²) in [5.74, 6) is -0.737. The lowest BCUT2D eigenvalue weighted by Gasteiger charge is -2.39. The second-order valence-electron chi connectivity index (χ2n) is 5.31. The first-order valence-electron chi connectivity index (χ1n) is 6.95. The minimum atomic E-state index is -0.737. The number of benzene rings is 1. The van der Waals surface area contributed by atoms with Crippen molar-refractivity contribution in [3.05, 3.63) is 34.3 Å². The Balaban J connectivity index is 1.93. The molecule has 1 saturated heterocycles. The van der Waals surface area contributed by atoms with Crippen molar-refractivity contribution in [1.82, 2.24) is 9.80 Å².